The third-order valence-corrected chi connectivity index (χ3v) is 5.35. The summed E-state index contributed by atoms with van der Waals surface area (Å²) in [6.45, 7) is 7.45. The van der Waals surface area contributed by atoms with E-state index in [1.807, 2.05) is 0 Å². The first-order chi connectivity index (χ1) is 9.60. The molecule has 1 atom stereocenters. The topological polar surface area (TPSA) is 0 Å². The van der Waals surface area contributed by atoms with Crippen LogP contribution in [0.25, 0.3) is 0 Å². The van der Waals surface area contributed by atoms with Gasteiger partial charge in [0.25, 0.3) is 0 Å². The Morgan fingerprint density at radius 2 is 0.900 bits per heavy atom. The molecule has 0 aromatic heterocycles. The second-order valence-electron chi connectivity index (χ2n) is 8.24. The molecule has 1 saturated carbocycles. The SMILES string of the molecule is CC1CCCCCCCCCCC(C)(C)CCCCC1. The molecule has 0 heteroatoms. The van der Waals surface area contributed by atoms with Gasteiger partial charge in [-0.3, -0.25) is 0 Å². The highest BCUT2D eigenvalue weighted by Crippen LogP contribution is 2.31. The highest BCUT2D eigenvalue weighted by Gasteiger charge is 2.16. The van der Waals surface area contributed by atoms with Gasteiger partial charge in [-0.15, -0.1) is 0 Å². The third kappa shape index (κ3) is 9.83. The van der Waals surface area contributed by atoms with Crippen LogP contribution in [-0.4, -0.2) is 0 Å². The molecule has 0 saturated heterocycles. The molecule has 0 radical (unpaired) electrons. The van der Waals surface area contributed by atoms with E-state index in [-0.39, 0.29) is 0 Å². The highest BCUT2D eigenvalue weighted by atomic mass is 14.2. The standard InChI is InChI=1S/C20H40/c1-19-15-11-8-6-4-5-7-9-13-17-20(2,3)18-14-10-12-16-19/h19H,4-18H2,1-3H3. The van der Waals surface area contributed by atoms with E-state index in [0.717, 1.165) is 5.92 Å². The van der Waals surface area contributed by atoms with Crippen LogP contribution >= 0.6 is 0 Å². The van der Waals surface area contributed by atoms with Crippen LogP contribution in [0.5, 0.6) is 0 Å². The molecule has 1 aliphatic rings. The van der Waals surface area contributed by atoms with Gasteiger partial charge in [-0.2, -0.15) is 0 Å². The lowest BCUT2D eigenvalue weighted by Gasteiger charge is -2.24. The summed E-state index contributed by atoms with van der Waals surface area (Å²) in [4.78, 5) is 0. The fourth-order valence-corrected chi connectivity index (χ4v) is 3.70. The van der Waals surface area contributed by atoms with Crippen molar-refractivity contribution in [3.05, 3.63) is 0 Å². The van der Waals surface area contributed by atoms with Crippen molar-refractivity contribution in [1.29, 1.82) is 0 Å². The Labute approximate surface area is 129 Å². The van der Waals surface area contributed by atoms with Gasteiger partial charge in [0.15, 0.2) is 0 Å². The first-order valence-corrected chi connectivity index (χ1v) is 9.60. The fourth-order valence-electron chi connectivity index (χ4n) is 3.70. The van der Waals surface area contributed by atoms with Crippen molar-refractivity contribution in [2.75, 3.05) is 0 Å². The van der Waals surface area contributed by atoms with E-state index in [1.165, 1.54) is 96.3 Å². The minimum absolute atomic E-state index is 0.597. The van der Waals surface area contributed by atoms with Crippen molar-refractivity contribution in [1.82, 2.24) is 0 Å². The molecule has 0 spiro atoms. The first kappa shape index (κ1) is 18.1. The van der Waals surface area contributed by atoms with Gasteiger partial charge in [-0.1, -0.05) is 104 Å². The molecular weight excluding hydrogens is 240 g/mol. The Kier molecular flexibility index (Phi) is 9.65. The van der Waals surface area contributed by atoms with Crippen LogP contribution < -0.4 is 0 Å². The summed E-state index contributed by atoms with van der Waals surface area (Å²) in [7, 11) is 0. The molecule has 0 amide bonds. The van der Waals surface area contributed by atoms with Crippen molar-refractivity contribution < 1.29 is 0 Å². The van der Waals surface area contributed by atoms with Crippen molar-refractivity contribution in [3.63, 3.8) is 0 Å². The molecule has 0 aromatic rings. The smallest absolute Gasteiger partial charge is 0.0354 e. The van der Waals surface area contributed by atoms with Crippen LogP contribution in [0.3, 0.4) is 0 Å². The van der Waals surface area contributed by atoms with Crippen molar-refractivity contribution >= 4 is 0 Å². The molecule has 1 fully saturated rings. The number of rotatable bonds is 0. The van der Waals surface area contributed by atoms with Crippen LogP contribution in [-0.2, 0) is 0 Å². The van der Waals surface area contributed by atoms with Crippen LogP contribution in [0, 0.1) is 11.3 Å². The lowest BCUT2D eigenvalue weighted by Crippen LogP contribution is -2.11. The molecule has 0 N–H and O–H groups in total. The maximum atomic E-state index is 2.49. The Hall–Kier alpha value is 0. The molecule has 1 aliphatic carbocycles. The Morgan fingerprint density at radius 1 is 0.550 bits per heavy atom. The quantitative estimate of drug-likeness (QED) is 0.430. The van der Waals surface area contributed by atoms with E-state index in [1.54, 1.807) is 0 Å². The Morgan fingerprint density at radius 3 is 1.40 bits per heavy atom. The van der Waals surface area contributed by atoms with Crippen LogP contribution in [0.1, 0.15) is 117 Å². The third-order valence-electron chi connectivity index (χ3n) is 5.35. The summed E-state index contributed by atoms with van der Waals surface area (Å²) < 4.78 is 0. The minimum Gasteiger partial charge on any atom is -0.0625 e. The molecule has 120 valence electrons. The summed E-state index contributed by atoms with van der Waals surface area (Å²) in [5.41, 5.74) is 0.597. The van der Waals surface area contributed by atoms with Gasteiger partial charge in [-0.05, 0) is 24.2 Å². The lowest BCUT2D eigenvalue weighted by atomic mass is 9.81. The fraction of sp³-hybridized carbons (Fsp3) is 1.00. The summed E-state index contributed by atoms with van der Waals surface area (Å²) in [5, 5.41) is 0. The zero-order valence-corrected chi connectivity index (χ0v) is 14.7. The summed E-state index contributed by atoms with van der Waals surface area (Å²) in [5.74, 6) is 0.971. The van der Waals surface area contributed by atoms with Gasteiger partial charge in [0.2, 0.25) is 0 Å². The van der Waals surface area contributed by atoms with Crippen molar-refractivity contribution in [3.8, 4) is 0 Å². The van der Waals surface area contributed by atoms with Crippen LogP contribution in [0.2, 0.25) is 0 Å². The minimum atomic E-state index is 0.597. The van der Waals surface area contributed by atoms with E-state index in [2.05, 4.69) is 20.8 Å². The Bertz CT molecular complexity index is 216. The zero-order valence-electron chi connectivity index (χ0n) is 14.7. The van der Waals surface area contributed by atoms with E-state index >= 15 is 0 Å². The summed E-state index contributed by atoms with van der Waals surface area (Å²) in [6.07, 6.45) is 22.1. The van der Waals surface area contributed by atoms with Crippen LogP contribution in [0.4, 0.5) is 0 Å². The number of hydrogen-bond acceptors (Lipinski definition) is 0. The normalized spacial score (nSPS) is 28.6. The predicted octanol–water partition coefficient (Wildman–Crippen LogP) is 7.51. The maximum absolute atomic E-state index is 2.49. The molecule has 0 bridgehead atoms. The zero-order chi connectivity index (χ0) is 14.7. The highest BCUT2D eigenvalue weighted by molar-refractivity contribution is 4.69. The average Bonchev–Trinajstić information content (AvgIpc) is 2.39. The second-order valence-corrected chi connectivity index (χ2v) is 8.24. The van der Waals surface area contributed by atoms with Gasteiger partial charge in [0, 0.05) is 0 Å². The van der Waals surface area contributed by atoms with Gasteiger partial charge in [-0.25, -0.2) is 0 Å². The summed E-state index contributed by atoms with van der Waals surface area (Å²) >= 11 is 0. The Balaban J connectivity index is 2.27. The second kappa shape index (κ2) is 10.7. The first-order valence-electron chi connectivity index (χ1n) is 9.60. The lowest BCUT2D eigenvalue weighted by molar-refractivity contribution is 0.281. The number of hydrogen-bond donors (Lipinski definition) is 0. The van der Waals surface area contributed by atoms with Gasteiger partial charge >= 0.3 is 0 Å². The predicted molar refractivity (Wildman–Crippen MR) is 92.2 cm³/mol. The molecule has 20 heavy (non-hydrogen) atoms. The molecule has 0 heterocycles. The molecule has 0 aliphatic heterocycles. The van der Waals surface area contributed by atoms with Gasteiger partial charge in [0.05, 0.1) is 0 Å². The molecular formula is C20H40. The van der Waals surface area contributed by atoms with Gasteiger partial charge in [0.1, 0.15) is 0 Å². The monoisotopic (exact) mass is 280 g/mol. The molecule has 1 unspecified atom stereocenters. The molecule has 1 rings (SSSR count). The largest absolute Gasteiger partial charge is 0.0625 e. The van der Waals surface area contributed by atoms with E-state index in [0.29, 0.717) is 5.41 Å². The maximum Gasteiger partial charge on any atom is -0.0354 e. The molecule has 0 aromatic carbocycles. The van der Waals surface area contributed by atoms with Crippen LogP contribution in [0.15, 0.2) is 0 Å². The van der Waals surface area contributed by atoms with E-state index in [9.17, 15) is 0 Å². The van der Waals surface area contributed by atoms with Gasteiger partial charge < -0.3 is 0 Å². The average molecular weight is 281 g/mol. The van der Waals surface area contributed by atoms with E-state index < -0.39 is 0 Å². The molecule has 0 nitrogen and oxygen atoms in total. The van der Waals surface area contributed by atoms with Crippen molar-refractivity contribution in [2.24, 2.45) is 11.3 Å². The van der Waals surface area contributed by atoms with E-state index in [4.69, 9.17) is 0 Å². The summed E-state index contributed by atoms with van der Waals surface area (Å²) in [6, 6.07) is 0. The van der Waals surface area contributed by atoms with Crippen molar-refractivity contribution in [2.45, 2.75) is 117 Å².